The maximum absolute atomic E-state index is 10.7. The van der Waals surface area contributed by atoms with Gasteiger partial charge in [0.1, 0.15) is 0 Å². The molecule has 122 valence electrons. The van der Waals surface area contributed by atoms with E-state index in [0.717, 1.165) is 17.3 Å². The van der Waals surface area contributed by atoms with E-state index in [1.54, 1.807) is 4.57 Å². The number of para-hydroxylation sites is 1. The average Bonchev–Trinajstić information content (AvgIpc) is 2.86. The predicted molar refractivity (Wildman–Crippen MR) is 91.2 cm³/mol. The lowest BCUT2D eigenvalue weighted by Gasteiger charge is -2.03. The summed E-state index contributed by atoms with van der Waals surface area (Å²) in [6, 6.07) is 13.4. The minimum Gasteiger partial charge on any atom is -0.493 e. The minimum atomic E-state index is -0.467. The molecule has 3 rings (SSSR count). The van der Waals surface area contributed by atoms with Gasteiger partial charge in [-0.25, -0.2) is 0 Å². The van der Waals surface area contributed by atoms with Crippen molar-refractivity contribution in [1.29, 1.82) is 0 Å². The Morgan fingerprint density at radius 2 is 1.83 bits per heavy atom. The number of non-ortho nitro benzene ring substituents is 1. The van der Waals surface area contributed by atoms with Crippen molar-refractivity contribution in [2.75, 3.05) is 0 Å². The summed E-state index contributed by atoms with van der Waals surface area (Å²) in [4.78, 5) is 10.2. The number of nitro benzene ring substituents is 1. The van der Waals surface area contributed by atoms with Gasteiger partial charge in [-0.3, -0.25) is 10.1 Å². The fourth-order valence-electron chi connectivity index (χ4n) is 2.57. The lowest BCUT2D eigenvalue weighted by Crippen LogP contribution is -1.94. The van der Waals surface area contributed by atoms with Crippen LogP contribution in [0.15, 0.2) is 58.8 Å². The van der Waals surface area contributed by atoms with Crippen LogP contribution in [-0.2, 0) is 6.54 Å². The van der Waals surface area contributed by atoms with E-state index in [4.69, 9.17) is 0 Å². The van der Waals surface area contributed by atoms with Crippen molar-refractivity contribution in [1.82, 2.24) is 4.57 Å². The zero-order valence-corrected chi connectivity index (χ0v) is 13.1. The second kappa shape index (κ2) is 6.49. The Bertz CT molecular complexity index is 913. The van der Waals surface area contributed by atoms with Crippen LogP contribution in [0.3, 0.4) is 0 Å². The lowest BCUT2D eigenvalue weighted by atomic mass is 10.2. The number of rotatable bonds is 5. The number of nitrogens with zero attached hydrogens (tertiary/aromatic N) is 4. The summed E-state index contributed by atoms with van der Waals surface area (Å²) in [6.45, 7) is 2.71. The highest BCUT2D eigenvalue weighted by molar-refractivity contribution is 5.95. The molecule has 0 fully saturated rings. The molecular formula is C17H16N4O3. The molecule has 0 aliphatic rings. The molecule has 7 heteroatoms. The van der Waals surface area contributed by atoms with Gasteiger partial charge < -0.3 is 9.67 Å². The molecule has 0 unspecified atom stereocenters. The fourth-order valence-corrected chi connectivity index (χ4v) is 2.57. The number of aromatic nitrogens is 1. The van der Waals surface area contributed by atoms with Crippen molar-refractivity contribution in [3.05, 3.63) is 58.6 Å². The number of aryl methyl sites for hydroxylation is 1. The van der Waals surface area contributed by atoms with Crippen LogP contribution in [0.25, 0.3) is 10.9 Å². The fraction of sp³-hybridized carbons (Fsp3) is 0.176. The third-order valence-electron chi connectivity index (χ3n) is 3.69. The van der Waals surface area contributed by atoms with Crippen LogP contribution in [0.5, 0.6) is 5.88 Å². The van der Waals surface area contributed by atoms with Gasteiger partial charge in [-0.15, -0.1) is 5.11 Å². The topological polar surface area (TPSA) is 93.0 Å². The van der Waals surface area contributed by atoms with Gasteiger partial charge in [-0.05, 0) is 24.6 Å². The van der Waals surface area contributed by atoms with E-state index < -0.39 is 4.92 Å². The number of azo groups is 1. The Labute approximate surface area is 138 Å². The Hall–Kier alpha value is -3.22. The molecule has 0 saturated carbocycles. The lowest BCUT2D eigenvalue weighted by molar-refractivity contribution is -0.384. The SMILES string of the molecule is CCCn1c(O)c(N=Nc2ccc([N+](=O)[O-])cc2)c2ccccc21. The van der Waals surface area contributed by atoms with Gasteiger partial charge in [0, 0.05) is 24.1 Å². The zero-order chi connectivity index (χ0) is 17.1. The molecule has 1 aromatic heterocycles. The summed E-state index contributed by atoms with van der Waals surface area (Å²) < 4.78 is 1.81. The van der Waals surface area contributed by atoms with Gasteiger partial charge in [-0.1, -0.05) is 25.1 Å². The predicted octanol–water partition coefficient (Wildman–Crippen LogP) is 5.08. The molecule has 0 bridgehead atoms. The molecule has 0 radical (unpaired) electrons. The molecule has 24 heavy (non-hydrogen) atoms. The smallest absolute Gasteiger partial charge is 0.269 e. The molecule has 3 aromatic rings. The molecule has 1 N–H and O–H groups in total. The van der Waals surface area contributed by atoms with Gasteiger partial charge >= 0.3 is 0 Å². The van der Waals surface area contributed by atoms with Gasteiger partial charge in [0.05, 0.1) is 16.1 Å². The second-order valence-electron chi connectivity index (χ2n) is 5.31. The zero-order valence-electron chi connectivity index (χ0n) is 13.1. The van der Waals surface area contributed by atoms with Crippen LogP contribution in [0, 0.1) is 10.1 Å². The van der Waals surface area contributed by atoms with Crippen molar-refractivity contribution < 1.29 is 10.0 Å². The van der Waals surface area contributed by atoms with Crippen LogP contribution in [-0.4, -0.2) is 14.6 Å². The molecule has 0 spiro atoms. The van der Waals surface area contributed by atoms with E-state index in [-0.39, 0.29) is 11.6 Å². The van der Waals surface area contributed by atoms with Crippen LogP contribution in [0.2, 0.25) is 0 Å². The minimum absolute atomic E-state index is 0.00338. The highest BCUT2D eigenvalue weighted by Gasteiger charge is 2.15. The quantitative estimate of drug-likeness (QED) is 0.403. The summed E-state index contributed by atoms with van der Waals surface area (Å²) >= 11 is 0. The van der Waals surface area contributed by atoms with Gasteiger partial charge in [0.15, 0.2) is 5.69 Å². The highest BCUT2D eigenvalue weighted by Crippen LogP contribution is 2.39. The molecular weight excluding hydrogens is 308 g/mol. The van der Waals surface area contributed by atoms with Crippen molar-refractivity contribution in [3.8, 4) is 5.88 Å². The Morgan fingerprint density at radius 3 is 2.50 bits per heavy atom. The van der Waals surface area contributed by atoms with Crippen LogP contribution in [0.4, 0.5) is 17.1 Å². The number of hydrogen-bond acceptors (Lipinski definition) is 5. The summed E-state index contributed by atoms with van der Waals surface area (Å²) in [5.41, 5.74) is 1.77. The van der Waals surface area contributed by atoms with Crippen LogP contribution >= 0.6 is 0 Å². The highest BCUT2D eigenvalue weighted by atomic mass is 16.6. The van der Waals surface area contributed by atoms with Crippen LogP contribution < -0.4 is 0 Å². The van der Waals surface area contributed by atoms with E-state index in [2.05, 4.69) is 10.2 Å². The van der Waals surface area contributed by atoms with E-state index >= 15 is 0 Å². The van der Waals surface area contributed by atoms with Crippen LogP contribution in [0.1, 0.15) is 13.3 Å². The molecule has 0 saturated heterocycles. The first-order chi connectivity index (χ1) is 11.6. The van der Waals surface area contributed by atoms with E-state index in [1.165, 1.54) is 24.3 Å². The van der Waals surface area contributed by atoms with Gasteiger partial charge in [-0.2, -0.15) is 5.11 Å². The summed E-state index contributed by atoms with van der Waals surface area (Å²) in [5.74, 6) is 0.0729. The number of fused-ring (bicyclic) bond motifs is 1. The molecule has 0 atom stereocenters. The first-order valence-corrected chi connectivity index (χ1v) is 7.58. The summed E-state index contributed by atoms with van der Waals surface area (Å²) in [7, 11) is 0. The van der Waals surface area contributed by atoms with Crippen molar-refractivity contribution in [3.63, 3.8) is 0 Å². The normalized spacial score (nSPS) is 11.4. The number of benzene rings is 2. The average molecular weight is 324 g/mol. The Morgan fingerprint density at radius 1 is 1.12 bits per heavy atom. The first-order valence-electron chi connectivity index (χ1n) is 7.58. The van der Waals surface area contributed by atoms with Gasteiger partial charge in [0.2, 0.25) is 5.88 Å². The molecule has 0 aliphatic carbocycles. The van der Waals surface area contributed by atoms with E-state index in [1.807, 2.05) is 31.2 Å². The number of hydrogen-bond donors (Lipinski definition) is 1. The second-order valence-corrected chi connectivity index (χ2v) is 5.31. The molecule has 0 amide bonds. The van der Waals surface area contributed by atoms with Crippen molar-refractivity contribution >= 4 is 28.0 Å². The maximum atomic E-state index is 10.7. The van der Waals surface area contributed by atoms with Gasteiger partial charge in [0.25, 0.3) is 5.69 Å². The molecule has 7 nitrogen and oxygen atoms in total. The number of nitro groups is 1. The van der Waals surface area contributed by atoms with E-state index in [0.29, 0.717) is 17.9 Å². The third kappa shape index (κ3) is 2.83. The monoisotopic (exact) mass is 324 g/mol. The number of aromatic hydroxyl groups is 1. The maximum Gasteiger partial charge on any atom is 0.269 e. The first kappa shape index (κ1) is 15.7. The molecule has 1 heterocycles. The van der Waals surface area contributed by atoms with E-state index in [9.17, 15) is 15.2 Å². The Balaban J connectivity index is 2.00. The largest absolute Gasteiger partial charge is 0.493 e. The molecule has 2 aromatic carbocycles. The van der Waals surface area contributed by atoms with Crippen molar-refractivity contribution in [2.45, 2.75) is 19.9 Å². The molecule has 0 aliphatic heterocycles. The summed E-state index contributed by atoms with van der Waals surface area (Å²) in [5, 5.41) is 30.2. The standard InChI is InChI=1S/C17H16N4O3/c1-2-11-20-15-6-4-3-5-14(15)16(17(20)22)19-18-12-7-9-13(10-8-12)21(23)24/h3-10,22H,2,11H2,1H3. The third-order valence-corrected chi connectivity index (χ3v) is 3.69. The Kier molecular flexibility index (Phi) is 4.24. The summed E-state index contributed by atoms with van der Waals surface area (Å²) in [6.07, 6.45) is 0.880. The van der Waals surface area contributed by atoms with Crippen molar-refractivity contribution in [2.24, 2.45) is 10.2 Å².